The summed E-state index contributed by atoms with van der Waals surface area (Å²) >= 11 is 1.53. The lowest BCUT2D eigenvalue weighted by atomic mass is 9.85. The van der Waals surface area contributed by atoms with Gasteiger partial charge in [-0.05, 0) is 37.3 Å². The van der Waals surface area contributed by atoms with Crippen LogP contribution in [0.3, 0.4) is 0 Å². The average Bonchev–Trinajstić information content (AvgIpc) is 3.29. The molecule has 0 saturated carbocycles. The molecule has 1 spiro atoms. The molecule has 4 heterocycles. The second-order valence-corrected chi connectivity index (χ2v) is 8.62. The third-order valence-electron chi connectivity index (χ3n) is 5.83. The van der Waals surface area contributed by atoms with Crippen LogP contribution in [0.4, 0.5) is 0 Å². The monoisotopic (exact) mass is 394 g/mol. The van der Waals surface area contributed by atoms with E-state index in [1.54, 1.807) is 4.90 Å². The van der Waals surface area contributed by atoms with Gasteiger partial charge >= 0.3 is 0 Å². The van der Waals surface area contributed by atoms with Gasteiger partial charge in [0.25, 0.3) is 5.91 Å². The molecule has 1 N–H and O–H groups in total. The number of thiophene rings is 1. The number of hydrogen-bond donors (Lipinski definition) is 1. The number of hydrogen-bond acceptors (Lipinski definition) is 6. The van der Waals surface area contributed by atoms with Crippen molar-refractivity contribution >= 4 is 23.2 Å². The first-order valence-electron chi connectivity index (χ1n) is 9.53. The number of carbonyl (C=O) groups excluding carboxylic acids is 2. The number of likely N-dealkylation sites (tertiary alicyclic amines) is 2. The van der Waals surface area contributed by atoms with E-state index in [0.29, 0.717) is 39.2 Å². The molecule has 0 aliphatic carbocycles. The Kier molecular flexibility index (Phi) is 5.24. The molecule has 2 saturated heterocycles. The van der Waals surface area contributed by atoms with Gasteiger partial charge in [0.05, 0.1) is 17.6 Å². The van der Waals surface area contributed by atoms with E-state index in [-0.39, 0.29) is 24.0 Å². The number of aliphatic hydroxyl groups excluding tert-OH is 1. The lowest BCUT2D eigenvalue weighted by molar-refractivity contribution is -0.143. The zero-order valence-electron chi connectivity index (χ0n) is 15.6. The number of β-amino-alcohol motifs (C(OH)–C–C–N with tert-alkyl or cyclic N) is 1. The summed E-state index contributed by atoms with van der Waals surface area (Å²) in [5, 5.41) is 9.71. The Bertz CT molecular complexity index is 726. The predicted molar refractivity (Wildman–Crippen MR) is 99.9 cm³/mol. The van der Waals surface area contributed by atoms with Gasteiger partial charge in [0, 0.05) is 38.2 Å². The van der Waals surface area contributed by atoms with Crippen LogP contribution in [-0.4, -0.2) is 79.3 Å². The normalized spacial score (nSPS) is 24.3. The Morgan fingerprint density at radius 3 is 2.78 bits per heavy atom. The van der Waals surface area contributed by atoms with Crippen LogP contribution in [0.2, 0.25) is 0 Å². The second kappa shape index (κ2) is 7.50. The van der Waals surface area contributed by atoms with Crippen LogP contribution in [0.5, 0.6) is 0 Å². The minimum absolute atomic E-state index is 0.00816. The maximum atomic E-state index is 12.8. The summed E-state index contributed by atoms with van der Waals surface area (Å²) in [6, 6.07) is 2.01. The molecule has 0 radical (unpaired) electrons. The predicted octanol–water partition coefficient (Wildman–Crippen LogP) is 0.992. The number of carbonyl (C=O) groups is 2. The number of nitrogens with zero attached hydrogens (tertiary/aromatic N) is 2. The SMILES string of the molecule is COCC(=O)N1CCC2(CC1)OCCc1cc(C(=O)N3CCC(O)C3)sc12. The van der Waals surface area contributed by atoms with Gasteiger partial charge in [0.15, 0.2) is 0 Å². The van der Waals surface area contributed by atoms with Crippen LogP contribution >= 0.6 is 11.3 Å². The summed E-state index contributed by atoms with van der Waals surface area (Å²) in [6.07, 6.45) is 2.54. The second-order valence-electron chi connectivity index (χ2n) is 7.57. The topological polar surface area (TPSA) is 79.3 Å². The zero-order valence-corrected chi connectivity index (χ0v) is 16.4. The van der Waals surface area contributed by atoms with E-state index in [1.807, 2.05) is 11.0 Å². The Labute approximate surface area is 162 Å². The van der Waals surface area contributed by atoms with E-state index in [0.717, 1.165) is 29.0 Å². The number of rotatable bonds is 3. The summed E-state index contributed by atoms with van der Waals surface area (Å²) in [6.45, 7) is 3.06. The van der Waals surface area contributed by atoms with E-state index in [1.165, 1.54) is 24.0 Å². The van der Waals surface area contributed by atoms with Gasteiger partial charge in [-0.1, -0.05) is 0 Å². The van der Waals surface area contributed by atoms with Crippen molar-refractivity contribution < 1.29 is 24.2 Å². The van der Waals surface area contributed by atoms with Crippen LogP contribution in [0.25, 0.3) is 0 Å². The lowest BCUT2D eigenvalue weighted by Gasteiger charge is -2.43. The van der Waals surface area contributed by atoms with Crippen LogP contribution in [0.15, 0.2) is 6.07 Å². The van der Waals surface area contributed by atoms with Crippen LogP contribution in [0, 0.1) is 0 Å². The molecule has 0 aromatic carbocycles. The maximum Gasteiger partial charge on any atom is 0.264 e. The fourth-order valence-corrected chi connectivity index (χ4v) is 5.69. The highest BCUT2D eigenvalue weighted by molar-refractivity contribution is 7.14. The first-order valence-corrected chi connectivity index (χ1v) is 10.4. The summed E-state index contributed by atoms with van der Waals surface area (Å²) in [4.78, 5) is 30.3. The molecule has 1 aromatic rings. The number of aliphatic hydroxyl groups is 1. The molecule has 148 valence electrons. The standard InChI is InChI=1S/C19H26N2O5S/c1-25-12-16(23)20-7-4-19(5-8-20)17-13(3-9-26-19)10-15(27-17)18(24)21-6-2-14(22)11-21/h10,14,22H,2-9,11-12H2,1H3. The van der Waals surface area contributed by atoms with Crippen molar-refractivity contribution in [3.05, 3.63) is 21.4 Å². The van der Waals surface area contributed by atoms with Gasteiger partial charge < -0.3 is 24.4 Å². The van der Waals surface area contributed by atoms with Crippen molar-refractivity contribution in [1.29, 1.82) is 0 Å². The molecular weight excluding hydrogens is 368 g/mol. The third-order valence-corrected chi connectivity index (χ3v) is 7.18. The Balaban J connectivity index is 1.51. The van der Waals surface area contributed by atoms with Crippen LogP contribution in [-0.2, 0) is 26.3 Å². The van der Waals surface area contributed by atoms with Crippen molar-refractivity contribution in [2.45, 2.75) is 37.4 Å². The molecule has 1 atom stereocenters. The van der Waals surface area contributed by atoms with Crippen molar-refractivity contribution in [2.75, 3.05) is 46.5 Å². The molecule has 4 rings (SSSR count). The Morgan fingerprint density at radius 2 is 2.11 bits per heavy atom. The van der Waals surface area contributed by atoms with E-state index in [2.05, 4.69) is 0 Å². The molecule has 27 heavy (non-hydrogen) atoms. The van der Waals surface area contributed by atoms with E-state index < -0.39 is 6.10 Å². The molecule has 0 bridgehead atoms. The maximum absolute atomic E-state index is 12.8. The third kappa shape index (κ3) is 3.51. The minimum atomic E-state index is -0.410. The van der Waals surface area contributed by atoms with Crippen molar-refractivity contribution in [2.24, 2.45) is 0 Å². The minimum Gasteiger partial charge on any atom is -0.391 e. The molecule has 3 aliphatic rings. The summed E-state index contributed by atoms with van der Waals surface area (Å²) in [7, 11) is 1.53. The number of amides is 2. The van der Waals surface area contributed by atoms with Crippen molar-refractivity contribution in [3.8, 4) is 0 Å². The number of fused-ring (bicyclic) bond motifs is 2. The summed E-state index contributed by atoms with van der Waals surface area (Å²) in [5.41, 5.74) is 0.816. The molecule has 1 aromatic heterocycles. The highest BCUT2D eigenvalue weighted by Gasteiger charge is 2.43. The first kappa shape index (κ1) is 18.9. The van der Waals surface area contributed by atoms with Gasteiger partial charge in [-0.2, -0.15) is 0 Å². The highest BCUT2D eigenvalue weighted by Crippen LogP contribution is 2.45. The number of piperidine rings is 1. The molecule has 8 heteroatoms. The van der Waals surface area contributed by atoms with Gasteiger partial charge in [-0.15, -0.1) is 11.3 Å². The quantitative estimate of drug-likeness (QED) is 0.827. The number of methoxy groups -OCH3 is 1. The van der Waals surface area contributed by atoms with E-state index in [9.17, 15) is 14.7 Å². The summed E-state index contributed by atoms with van der Waals surface area (Å²) in [5.74, 6) is 0.0202. The zero-order chi connectivity index (χ0) is 19.0. The summed E-state index contributed by atoms with van der Waals surface area (Å²) < 4.78 is 11.2. The fraction of sp³-hybridized carbons (Fsp3) is 0.684. The molecular formula is C19H26N2O5S. The largest absolute Gasteiger partial charge is 0.391 e. The Hall–Kier alpha value is -1.48. The molecule has 3 aliphatic heterocycles. The van der Waals surface area contributed by atoms with E-state index >= 15 is 0 Å². The molecule has 2 fully saturated rings. The number of ether oxygens (including phenoxy) is 2. The van der Waals surface area contributed by atoms with Gasteiger partial charge in [0.1, 0.15) is 12.2 Å². The smallest absolute Gasteiger partial charge is 0.264 e. The lowest BCUT2D eigenvalue weighted by Crippen LogP contribution is -2.48. The fourth-order valence-electron chi connectivity index (χ4n) is 4.31. The molecule has 2 amide bonds. The van der Waals surface area contributed by atoms with Crippen LogP contribution in [0.1, 0.15) is 39.4 Å². The molecule has 7 nitrogen and oxygen atoms in total. The first-order chi connectivity index (χ1) is 13.0. The van der Waals surface area contributed by atoms with Gasteiger partial charge in [0.2, 0.25) is 5.91 Å². The van der Waals surface area contributed by atoms with Gasteiger partial charge in [-0.25, -0.2) is 0 Å². The van der Waals surface area contributed by atoms with Crippen molar-refractivity contribution in [3.63, 3.8) is 0 Å². The van der Waals surface area contributed by atoms with Gasteiger partial charge in [-0.3, -0.25) is 9.59 Å². The van der Waals surface area contributed by atoms with Crippen molar-refractivity contribution in [1.82, 2.24) is 9.80 Å². The van der Waals surface area contributed by atoms with E-state index in [4.69, 9.17) is 9.47 Å². The van der Waals surface area contributed by atoms with Crippen LogP contribution < -0.4 is 0 Å². The Morgan fingerprint density at radius 1 is 1.33 bits per heavy atom. The average molecular weight is 394 g/mol. The highest BCUT2D eigenvalue weighted by atomic mass is 32.1. The molecule has 1 unspecified atom stereocenters.